The molecule has 0 heterocycles. The summed E-state index contributed by atoms with van der Waals surface area (Å²) >= 11 is 0. The second-order valence-corrected chi connectivity index (χ2v) is 2.17. The highest BCUT2D eigenvalue weighted by atomic mass is 19.1. The summed E-state index contributed by atoms with van der Waals surface area (Å²) in [7, 11) is 0. The Morgan fingerprint density at radius 1 is 1.42 bits per heavy atom. The number of halogens is 2. The number of benzene rings is 1. The van der Waals surface area contributed by atoms with Crippen LogP contribution >= 0.6 is 0 Å². The molecular formula is C8H5F2NO. The van der Waals surface area contributed by atoms with Crippen LogP contribution in [0.5, 0.6) is 0 Å². The highest BCUT2D eigenvalue weighted by Crippen LogP contribution is 2.15. The molecular weight excluding hydrogens is 164 g/mol. The highest BCUT2D eigenvalue weighted by molar-refractivity contribution is 5.36. The van der Waals surface area contributed by atoms with Gasteiger partial charge in [-0.25, -0.2) is 8.78 Å². The van der Waals surface area contributed by atoms with Crippen LogP contribution in [0.2, 0.25) is 0 Å². The van der Waals surface area contributed by atoms with E-state index in [0.717, 1.165) is 12.1 Å². The number of nitriles is 1. The third kappa shape index (κ3) is 1.27. The molecule has 0 fully saturated rings. The van der Waals surface area contributed by atoms with Gasteiger partial charge in [0.2, 0.25) is 0 Å². The molecule has 4 heteroatoms. The number of aliphatic hydroxyl groups is 1. The lowest BCUT2D eigenvalue weighted by atomic mass is 10.1. The minimum absolute atomic E-state index is 0.0760. The van der Waals surface area contributed by atoms with E-state index in [-0.39, 0.29) is 5.56 Å². The predicted molar refractivity (Wildman–Crippen MR) is 37.0 cm³/mol. The second-order valence-electron chi connectivity index (χ2n) is 2.17. The summed E-state index contributed by atoms with van der Waals surface area (Å²) in [5.41, 5.74) is -0.727. The van der Waals surface area contributed by atoms with Crippen molar-refractivity contribution in [2.45, 2.75) is 6.61 Å². The average Bonchev–Trinajstić information content (AvgIpc) is 2.06. The summed E-state index contributed by atoms with van der Waals surface area (Å²) in [6.45, 7) is -0.541. The fourth-order valence-corrected chi connectivity index (χ4v) is 0.820. The van der Waals surface area contributed by atoms with Gasteiger partial charge in [-0.1, -0.05) is 6.07 Å². The molecule has 0 saturated heterocycles. The predicted octanol–water partition coefficient (Wildman–Crippen LogP) is 1.33. The van der Waals surface area contributed by atoms with E-state index in [1.807, 2.05) is 0 Å². The summed E-state index contributed by atoms with van der Waals surface area (Å²) in [6, 6.07) is 3.43. The molecule has 1 rings (SSSR count). The van der Waals surface area contributed by atoms with Crippen molar-refractivity contribution in [3.8, 4) is 6.07 Å². The van der Waals surface area contributed by atoms with Crippen molar-refractivity contribution in [1.82, 2.24) is 0 Å². The molecule has 0 bridgehead atoms. The van der Waals surface area contributed by atoms with Gasteiger partial charge in [0.05, 0.1) is 6.61 Å². The van der Waals surface area contributed by atoms with E-state index in [1.165, 1.54) is 6.07 Å². The maximum absolute atomic E-state index is 12.9. The fourth-order valence-electron chi connectivity index (χ4n) is 0.820. The highest BCUT2D eigenvalue weighted by Gasteiger charge is 2.11. The fraction of sp³-hybridized carbons (Fsp3) is 0.125. The lowest BCUT2D eigenvalue weighted by molar-refractivity contribution is 0.275. The molecule has 0 amide bonds. The molecule has 0 saturated carbocycles. The number of aliphatic hydroxyl groups excluding tert-OH is 1. The van der Waals surface area contributed by atoms with E-state index in [9.17, 15) is 8.78 Å². The number of hydrogen-bond donors (Lipinski definition) is 1. The van der Waals surface area contributed by atoms with Gasteiger partial charge in [0.25, 0.3) is 0 Å². The molecule has 62 valence electrons. The maximum Gasteiger partial charge on any atom is 0.149 e. The molecule has 0 spiro atoms. The van der Waals surface area contributed by atoms with E-state index >= 15 is 0 Å². The summed E-state index contributed by atoms with van der Waals surface area (Å²) in [4.78, 5) is 0. The largest absolute Gasteiger partial charge is 0.392 e. The third-order valence-electron chi connectivity index (χ3n) is 1.45. The molecule has 0 aliphatic heterocycles. The number of nitrogens with zero attached hydrogens (tertiary/aromatic N) is 1. The van der Waals surface area contributed by atoms with Crippen molar-refractivity contribution < 1.29 is 13.9 Å². The molecule has 0 radical (unpaired) electrons. The standard InChI is InChI=1S/C8H5F2NO/c9-7-2-1-5(4-12)8(10)6(7)3-11/h1-2,12H,4H2. The van der Waals surface area contributed by atoms with Crippen LogP contribution < -0.4 is 0 Å². The zero-order valence-electron chi connectivity index (χ0n) is 6.01. The Hall–Kier alpha value is -1.47. The molecule has 0 aliphatic rings. The van der Waals surface area contributed by atoms with Gasteiger partial charge >= 0.3 is 0 Å². The van der Waals surface area contributed by atoms with Gasteiger partial charge < -0.3 is 5.11 Å². The van der Waals surface area contributed by atoms with E-state index in [1.54, 1.807) is 0 Å². The molecule has 1 aromatic carbocycles. The Kier molecular flexibility index (Phi) is 2.36. The summed E-state index contributed by atoms with van der Waals surface area (Å²) in [5.74, 6) is -1.90. The first-order valence-electron chi connectivity index (χ1n) is 3.18. The first-order valence-corrected chi connectivity index (χ1v) is 3.18. The normalized spacial score (nSPS) is 9.50. The lowest BCUT2D eigenvalue weighted by Gasteiger charge is -2.00. The van der Waals surface area contributed by atoms with E-state index in [4.69, 9.17) is 10.4 Å². The van der Waals surface area contributed by atoms with Crippen LogP contribution in [0, 0.1) is 23.0 Å². The Labute approximate surface area is 67.7 Å². The minimum Gasteiger partial charge on any atom is -0.392 e. The smallest absolute Gasteiger partial charge is 0.149 e. The number of rotatable bonds is 1. The van der Waals surface area contributed by atoms with Gasteiger partial charge in [-0.3, -0.25) is 0 Å². The van der Waals surface area contributed by atoms with Gasteiger partial charge in [0, 0.05) is 5.56 Å². The van der Waals surface area contributed by atoms with Crippen molar-refractivity contribution in [3.05, 3.63) is 34.9 Å². The zero-order chi connectivity index (χ0) is 9.14. The SMILES string of the molecule is N#Cc1c(F)ccc(CO)c1F. The molecule has 0 atom stereocenters. The molecule has 0 aliphatic carbocycles. The van der Waals surface area contributed by atoms with Crippen molar-refractivity contribution >= 4 is 0 Å². The first-order chi connectivity index (χ1) is 5.70. The summed E-state index contributed by atoms with van der Waals surface area (Å²) in [6.07, 6.45) is 0. The van der Waals surface area contributed by atoms with Gasteiger partial charge in [0.1, 0.15) is 23.3 Å². The van der Waals surface area contributed by atoms with Crippen LogP contribution in [0.3, 0.4) is 0 Å². The number of hydrogen-bond acceptors (Lipinski definition) is 2. The maximum atomic E-state index is 12.9. The topological polar surface area (TPSA) is 44.0 Å². The Bertz CT molecular complexity index is 344. The molecule has 1 N–H and O–H groups in total. The van der Waals surface area contributed by atoms with Crippen molar-refractivity contribution in [2.24, 2.45) is 0 Å². The Balaban J connectivity index is 3.36. The van der Waals surface area contributed by atoms with Crippen LogP contribution in [0.15, 0.2) is 12.1 Å². The minimum atomic E-state index is -0.986. The Morgan fingerprint density at radius 2 is 2.08 bits per heavy atom. The summed E-state index contributed by atoms with van der Waals surface area (Å²) < 4.78 is 25.5. The Morgan fingerprint density at radius 3 is 2.58 bits per heavy atom. The third-order valence-corrected chi connectivity index (χ3v) is 1.45. The quantitative estimate of drug-likeness (QED) is 0.689. The van der Waals surface area contributed by atoms with Crippen molar-refractivity contribution in [3.63, 3.8) is 0 Å². The van der Waals surface area contributed by atoms with Crippen molar-refractivity contribution in [1.29, 1.82) is 5.26 Å². The molecule has 1 aromatic rings. The monoisotopic (exact) mass is 169 g/mol. The molecule has 0 aromatic heterocycles. The average molecular weight is 169 g/mol. The van der Waals surface area contributed by atoms with Crippen molar-refractivity contribution in [2.75, 3.05) is 0 Å². The van der Waals surface area contributed by atoms with E-state index in [2.05, 4.69) is 0 Å². The van der Waals surface area contributed by atoms with Crippen LogP contribution in [-0.2, 0) is 6.61 Å². The van der Waals surface area contributed by atoms with Crippen LogP contribution in [0.4, 0.5) is 8.78 Å². The molecule has 0 unspecified atom stereocenters. The lowest BCUT2D eigenvalue weighted by Crippen LogP contribution is -1.96. The van der Waals surface area contributed by atoms with E-state index < -0.39 is 23.8 Å². The van der Waals surface area contributed by atoms with Gasteiger partial charge in [0.15, 0.2) is 0 Å². The van der Waals surface area contributed by atoms with Gasteiger partial charge in [-0.2, -0.15) is 5.26 Å². The van der Waals surface area contributed by atoms with Gasteiger partial charge in [-0.15, -0.1) is 0 Å². The first kappa shape index (κ1) is 8.62. The molecule has 2 nitrogen and oxygen atoms in total. The second kappa shape index (κ2) is 3.28. The van der Waals surface area contributed by atoms with Gasteiger partial charge in [-0.05, 0) is 6.07 Å². The van der Waals surface area contributed by atoms with Crippen LogP contribution in [0.1, 0.15) is 11.1 Å². The molecule has 12 heavy (non-hydrogen) atoms. The van der Waals surface area contributed by atoms with E-state index in [0.29, 0.717) is 0 Å². The van der Waals surface area contributed by atoms with Crippen LogP contribution in [0.25, 0.3) is 0 Å². The summed E-state index contributed by atoms with van der Waals surface area (Å²) in [5, 5.41) is 16.9. The zero-order valence-corrected chi connectivity index (χ0v) is 6.01. The van der Waals surface area contributed by atoms with Crippen LogP contribution in [-0.4, -0.2) is 5.11 Å².